The highest BCUT2D eigenvalue weighted by Crippen LogP contribution is 2.32. The van der Waals surface area contributed by atoms with Gasteiger partial charge in [0.05, 0.1) is 18.4 Å². The maximum atomic E-state index is 10.4. The first-order chi connectivity index (χ1) is 11.2. The van der Waals surface area contributed by atoms with Crippen LogP contribution < -0.4 is 9.64 Å². The lowest BCUT2D eigenvalue weighted by Crippen LogP contribution is -2.22. The Balaban J connectivity index is 1.75. The van der Waals surface area contributed by atoms with Gasteiger partial charge in [0.15, 0.2) is 0 Å². The third-order valence-corrected chi connectivity index (χ3v) is 4.07. The molecule has 1 fully saturated rings. The summed E-state index contributed by atoms with van der Waals surface area (Å²) < 4.78 is 20.0. The first-order valence-electron chi connectivity index (χ1n) is 7.17. The van der Waals surface area contributed by atoms with Gasteiger partial charge >= 0.3 is 8.25 Å². The zero-order valence-corrected chi connectivity index (χ0v) is 13.5. The fraction of sp³-hybridized carbons (Fsp3) is 0.429. The Hall–Kier alpha value is -1.86. The molecule has 1 aliphatic heterocycles. The summed E-state index contributed by atoms with van der Waals surface area (Å²) in [5.74, 6) is 1.77. The molecule has 1 aliphatic rings. The minimum atomic E-state index is -2.73. The van der Waals surface area contributed by atoms with Crippen molar-refractivity contribution in [2.75, 3.05) is 31.7 Å². The molecule has 0 aliphatic carbocycles. The van der Waals surface area contributed by atoms with Crippen molar-refractivity contribution in [2.24, 2.45) is 5.92 Å². The van der Waals surface area contributed by atoms with Gasteiger partial charge in [0.1, 0.15) is 23.4 Å². The molecule has 9 heteroatoms. The van der Waals surface area contributed by atoms with Crippen molar-refractivity contribution in [2.45, 2.75) is 6.42 Å². The van der Waals surface area contributed by atoms with Gasteiger partial charge in [-0.05, 0) is 18.6 Å². The van der Waals surface area contributed by atoms with Crippen LogP contribution in [0.4, 0.5) is 5.82 Å². The molecule has 1 N–H and O–H groups in total. The summed E-state index contributed by atoms with van der Waals surface area (Å²) in [6, 6.07) is 5.75. The van der Waals surface area contributed by atoms with E-state index in [1.807, 2.05) is 18.2 Å². The average Bonchev–Trinajstić information content (AvgIpc) is 3.02. The molecule has 0 saturated carbocycles. The molecule has 2 unspecified atom stereocenters. The van der Waals surface area contributed by atoms with Crippen molar-refractivity contribution in [1.82, 2.24) is 9.97 Å². The fourth-order valence-corrected chi connectivity index (χ4v) is 2.95. The number of methoxy groups -OCH3 is 1. The van der Waals surface area contributed by atoms with Crippen molar-refractivity contribution in [3.05, 3.63) is 24.5 Å². The van der Waals surface area contributed by atoms with Gasteiger partial charge < -0.3 is 9.64 Å². The first kappa shape index (κ1) is 16.0. The van der Waals surface area contributed by atoms with Gasteiger partial charge in [-0.2, -0.15) is 4.89 Å². The van der Waals surface area contributed by atoms with Crippen LogP contribution in [0.1, 0.15) is 6.42 Å². The number of para-hydroxylation sites is 1. The summed E-state index contributed by atoms with van der Waals surface area (Å²) in [6.45, 7) is 1.82. The van der Waals surface area contributed by atoms with E-state index in [9.17, 15) is 4.57 Å². The maximum Gasteiger partial charge on any atom is 0.725 e. The van der Waals surface area contributed by atoms with Gasteiger partial charge in [-0.1, -0.05) is 6.07 Å². The SMILES string of the molecule is COc1cccc2c(N3CCC(COO[P+](=O)O)C3)ncnc12. The van der Waals surface area contributed by atoms with Crippen molar-refractivity contribution < 1.29 is 23.8 Å². The molecule has 1 aromatic carbocycles. The van der Waals surface area contributed by atoms with Gasteiger partial charge in [-0.15, -0.1) is 4.89 Å². The summed E-state index contributed by atoms with van der Waals surface area (Å²) in [5, 5.41) is 0.933. The molecular formula is C14H17N3O5P+. The molecule has 8 nitrogen and oxygen atoms in total. The van der Waals surface area contributed by atoms with E-state index in [0.717, 1.165) is 36.2 Å². The highest BCUT2D eigenvalue weighted by atomic mass is 31.1. The molecule has 2 heterocycles. The monoisotopic (exact) mass is 338 g/mol. The number of aromatic nitrogens is 2. The second kappa shape index (κ2) is 7.14. The van der Waals surface area contributed by atoms with E-state index >= 15 is 0 Å². The zero-order chi connectivity index (χ0) is 16.2. The number of nitrogens with zero attached hydrogens (tertiary/aromatic N) is 3. The van der Waals surface area contributed by atoms with Crippen LogP contribution in [-0.4, -0.2) is 41.7 Å². The van der Waals surface area contributed by atoms with E-state index in [4.69, 9.17) is 14.5 Å². The summed E-state index contributed by atoms with van der Waals surface area (Å²) in [5.41, 5.74) is 0.778. The average molecular weight is 338 g/mol. The van der Waals surface area contributed by atoms with Crippen LogP contribution in [0.5, 0.6) is 5.75 Å². The first-order valence-corrected chi connectivity index (χ1v) is 8.30. The van der Waals surface area contributed by atoms with Crippen LogP contribution >= 0.6 is 8.25 Å². The number of rotatable bonds is 6. The Morgan fingerprint density at radius 2 is 2.30 bits per heavy atom. The van der Waals surface area contributed by atoms with E-state index in [1.54, 1.807) is 7.11 Å². The van der Waals surface area contributed by atoms with Gasteiger partial charge in [0, 0.05) is 29.0 Å². The van der Waals surface area contributed by atoms with Crippen molar-refractivity contribution in [3.8, 4) is 5.75 Å². The molecule has 0 radical (unpaired) electrons. The van der Waals surface area contributed by atoms with Crippen LogP contribution in [0.2, 0.25) is 0 Å². The largest absolute Gasteiger partial charge is 0.725 e. The Labute approximate surface area is 133 Å². The normalized spacial score (nSPS) is 18.4. The minimum Gasteiger partial charge on any atom is -0.494 e. The summed E-state index contributed by atoms with van der Waals surface area (Å²) in [4.78, 5) is 24.2. The highest BCUT2D eigenvalue weighted by Gasteiger charge is 2.27. The number of ether oxygens (including phenoxy) is 1. The minimum absolute atomic E-state index is 0.209. The van der Waals surface area contributed by atoms with Gasteiger partial charge in [0.25, 0.3) is 0 Å². The summed E-state index contributed by atoms with van der Waals surface area (Å²) in [6.07, 6.45) is 2.42. The van der Waals surface area contributed by atoms with Crippen LogP contribution in [0, 0.1) is 5.92 Å². The van der Waals surface area contributed by atoms with Crippen LogP contribution in [0.3, 0.4) is 0 Å². The molecule has 0 amide bonds. The molecular weight excluding hydrogens is 321 g/mol. The number of hydrogen-bond donors (Lipinski definition) is 1. The van der Waals surface area contributed by atoms with Gasteiger partial charge in [0.2, 0.25) is 0 Å². The second-order valence-electron chi connectivity index (χ2n) is 5.25. The quantitative estimate of drug-likeness (QED) is 0.486. The summed E-state index contributed by atoms with van der Waals surface area (Å²) >= 11 is 0. The van der Waals surface area contributed by atoms with Crippen molar-refractivity contribution in [3.63, 3.8) is 0 Å². The van der Waals surface area contributed by atoms with Crippen LogP contribution in [0.15, 0.2) is 24.5 Å². The van der Waals surface area contributed by atoms with E-state index in [-0.39, 0.29) is 12.5 Å². The second-order valence-corrected chi connectivity index (χ2v) is 5.88. The number of anilines is 1. The molecule has 23 heavy (non-hydrogen) atoms. The third-order valence-electron chi connectivity index (χ3n) is 3.83. The Morgan fingerprint density at radius 3 is 3.09 bits per heavy atom. The standard InChI is InChI=1S/C14H16N3O5P/c1-20-12-4-2-3-11-13(12)15-9-16-14(11)17-6-5-10(7-17)8-21-22-23(18)19/h2-4,9-10H,5-8H2,1H3/p+1. The molecule has 0 bridgehead atoms. The van der Waals surface area contributed by atoms with Gasteiger partial charge in [-0.3, -0.25) is 0 Å². The molecule has 2 aromatic rings. The van der Waals surface area contributed by atoms with E-state index in [2.05, 4.69) is 19.5 Å². The smallest absolute Gasteiger partial charge is 0.494 e. The Bertz CT molecular complexity index is 714. The predicted molar refractivity (Wildman–Crippen MR) is 83.3 cm³/mol. The molecule has 2 atom stereocenters. The lowest BCUT2D eigenvalue weighted by molar-refractivity contribution is -0.215. The van der Waals surface area contributed by atoms with Crippen molar-refractivity contribution in [1.29, 1.82) is 0 Å². The molecule has 0 spiro atoms. The molecule has 122 valence electrons. The maximum absolute atomic E-state index is 10.4. The Morgan fingerprint density at radius 1 is 1.43 bits per heavy atom. The van der Waals surface area contributed by atoms with E-state index in [1.165, 1.54) is 6.33 Å². The third kappa shape index (κ3) is 3.56. The predicted octanol–water partition coefficient (Wildman–Crippen LogP) is 2.06. The topological polar surface area (TPSA) is 94.0 Å². The van der Waals surface area contributed by atoms with E-state index < -0.39 is 8.25 Å². The molecule has 1 saturated heterocycles. The van der Waals surface area contributed by atoms with Crippen LogP contribution in [0.25, 0.3) is 10.9 Å². The summed E-state index contributed by atoms with van der Waals surface area (Å²) in [7, 11) is -1.11. The fourth-order valence-electron chi connectivity index (χ4n) is 2.80. The molecule has 3 rings (SSSR count). The Kier molecular flexibility index (Phi) is 4.97. The lowest BCUT2D eigenvalue weighted by atomic mass is 10.1. The van der Waals surface area contributed by atoms with Crippen LogP contribution in [-0.2, 0) is 14.1 Å². The van der Waals surface area contributed by atoms with Gasteiger partial charge in [-0.25, -0.2) is 9.97 Å². The van der Waals surface area contributed by atoms with Crippen molar-refractivity contribution >= 4 is 25.0 Å². The molecule has 1 aromatic heterocycles. The zero-order valence-electron chi connectivity index (χ0n) is 12.6. The van der Waals surface area contributed by atoms with E-state index in [0.29, 0.717) is 5.75 Å². The highest BCUT2D eigenvalue weighted by molar-refractivity contribution is 7.31. The number of fused-ring (bicyclic) bond motifs is 1. The lowest BCUT2D eigenvalue weighted by Gasteiger charge is -2.19. The number of hydrogen-bond acceptors (Lipinski definition) is 7. The number of benzene rings is 1.